The number of ether oxygens (including phenoxy) is 1. The molecule has 142 valence electrons. The van der Waals surface area contributed by atoms with Gasteiger partial charge in [0.05, 0.1) is 18.0 Å². The number of rotatable bonds is 4. The number of carbonyl (C=O) groups excluding carboxylic acids is 1. The lowest BCUT2D eigenvalue weighted by atomic mass is 10.0. The molecular weight excluding hydrogens is 386 g/mol. The second-order valence-corrected chi connectivity index (χ2v) is 6.96. The van der Waals surface area contributed by atoms with Crippen LogP contribution in [-0.2, 0) is 0 Å². The Kier molecular flexibility index (Phi) is 6.15. The molecule has 0 aliphatic carbocycles. The molecule has 3 aromatic rings. The van der Waals surface area contributed by atoms with Gasteiger partial charge in [0, 0.05) is 31.3 Å². The van der Waals surface area contributed by atoms with Gasteiger partial charge in [-0.2, -0.15) is 0 Å². The van der Waals surface area contributed by atoms with Crippen LogP contribution in [-0.4, -0.2) is 42.7 Å². The van der Waals surface area contributed by atoms with Gasteiger partial charge in [-0.3, -0.25) is 4.79 Å². The Bertz CT molecular complexity index is 897. The fraction of sp³-hybridized carbons (Fsp3) is 0.263. The van der Waals surface area contributed by atoms with E-state index in [1.807, 2.05) is 46.7 Å². The number of halogens is 1. The molecule has 1 atom stereocenters. The monoisotopic (exact) mass is 405 g/mol. The van der Waals surface area contributed by atoms with Crippen LogP contribution in [0.25, 0.3) is 10.6 Å². The first-order valence-corrected chi connectivity index (χ1v) is 9.31. The Labute approximate surface area is 167 Å². The summed E-state index contributed by atoms with van der Waals surface area (Å²) in [6, 6.07) is 13.3. The first kappa shape index (κ1) is 19.4. The Hall–Kier alpha value is -2.35. The van der Waals surface area contributed by atoms with Crippen molar-refractivity contribution in [1.82, 2.24) is 15.4 Å². The summed E-state index contributed by atoms with van der Waals surface area (Å²) in [5.41, 5.74) is 1.31. The van der Waals surface area contributed by atoms with Gasteiger partial charge in [0.25, 0.3) is 5.91 Å². The summed E-state index contributed by atoms with van der Waals surface area (Å²) in [4.78, 5) is 15.9. The Balaban J connectivity index is 0.00000210. The highest BCUT2D eigenvalue weighted by Crippen LogP contribution is 2.32. The quantitative estimate of drug-likeness (QED) is 0.718. The average molecular weight is 406 g/mol. The minimum absolute atomic E-state index is 0. The zero-order valence-corrected chi connectivity index (χ0v) is 16.4. The van der Waals surface area contributed by atoms with E-state index in [1.165, 1.54) is 0 Å². The lowest BCUT2D eigenvalue weighted by Crippen LogP contribution is -2.48. The second kappa shape index (κ2) is 8.56. The number of hydrogen-bond acceptors (Lipinski definition) is 6. The van der Waals surface area contributed by atoms with Crippen LogP contribution in [0.4, 0.5) is 0 Å². The molecule has 1 fully saturated rings. The second-order valence-electron chi connectivity index (χ2n) is 6.01. The third-order valence-electron chi connectivity index (χ3n) is 4.50. The van der Waals surface area contributed by atoms with Crippen LogP contribution in [0.15, 0.2) is 52.4 Å². The molecule has 1 aromatic carbocycles. The summed E-state index contributed by atoms with van der Waals surface area (Å²) in [6.45, 7) is 2.01. The van der Waals surface area contributed by atoms with E-state index in [4.69, 9.17) is 9.26 Å². The molecule has 0 radical (unpaired) electrons. The standard InChI is InChI=1S/C19H19N3O3S.ClH/c1-24-16-6-3-2-5-13(16)15-12-20-8-9-22(15)19(23)14-11-17(25-21-14)18-7-4-10-26-18;/h2-7,10-11,15,20H,8-9,12H2,1H3;1H. The molecule has 8 heteroatoms. The number of nitrogens with zero attached hydrogens (tertiary/aromatic N) is 2. The number of carbonyl (C=O) groups is 1. The van der Waals surface area contributed by atoms with E-state index in [2.05, 4.69) is 10.5 Å². The van der Waals surface area contributed by atoms with Crippen LogP contribution < -0.4 is 10.1 Å². The van der Waals surface area contributed by atoms with Gasteiger partial charge in [0.1, 0.15) is 5.75 Å². The number of piperazine rings is 1. The van der Waals surface area contributed by atoms with Crippen molar-refractivity contribution in [3.8, 4) is 16.4 Å². The van der Waals surface area contributed by atoms with E-state index in [1.54, 1.807) is 24.5 Å². The zero-order valence-electron chi connectivity index (χ0n) is 14.8. The third-order valence-corrected chi connectivity index (χ3v) is 5.38. The summed E-state index contributed by atoms with van der Waals surface area (Å²) in [6.07, 6.45) is 0. The first-order valence-electron chi connectivity index (χ1n) is 8.43. The predicted molar refractivity (Wildman–Crippen MR) is 107 cm³/mol. The SMILES string of the molecule is COc1ccccc1C1CNCCN1C(=O)c1cc(-c2cccs2)on1.Cl. The van der Waals surface area contributed by atoms with Gasteiger partial charge in [-0.1, -0.05) is 29.4 Å². The van der Waals surface area contributed by atoms with Gasteiger partial charge >= 0.3 is 0 Å². The Morgan fingerprint density at radius 3 is 2.96 bits per heavy atom. The molecular formula is C19H20ClN3O3S. The van der Waals surface area contributed by atoms with Gasteiger partial charge in [-0.15, -0.1) is 23.7 Å². The molecule has 1 aliphatic heterocycles. The number of thiophene rings is 1. The highest BCUT2D eigenvalue weighted by atomic mass is 35.5. The summed E-state index contributed by atoms with van der Waals surface area (Å²) in [7, 11) is 1.65. The van der Waals surface area contributed by atoms with Crippen LogP contribution in [0.2, 0.25) is 0 Å². The number of amides is 1. The lowest BCUT2D eigenvalue weighted by molar-refractivity contribution is 0.0621. The van der Waals surface area contributed by atoms with Gasteiger partial charge in [0.15, 0.2) is 11.5 Å². The maximum Gasteiger partial charge on any atom is 0.276 e. The molecule has 1 unspecified atom stereocenters. The fourth-order valence-corrected chi connectivity index (χ4v) is 3.90. The summed E-state index contributed by atoms with van der Waals surface area (Å²) >= 11 is 1.55. The molecule has 2 aromatic heterocycles. The van der Waals surface area contributed by atoms with E-state index < -0.39 is 0 Å². The lowest BCUT2D eigenvalue weighted by Gasteiger charge is -2.36. The number of methoxy groups -OCH3 is 1. The Morgan fingerprint density at radius 2 is 2.19 bits per heavy atom. The van der Waals surface area contributed by atoms with E-state index in [9.17, 15) is 4.79 Å². The van der Waals surface area contributed by atoms with E-state index >= 15 is 0 Å². The molecule has 3 heterocycles. The van der Waals surface area contributed by atoms with Crippen molar-refractivity contribution in [1.29, 1.82) is 0 Å². The summed E-state index contributed by atoms with van der Waals surface area (Å²) in [5, 5.41) is 9.33. The number of hydrogen-bond donors (Lipinski definition) is 1. The number of aromatic nitrogens is 1. The number of para-hydroxylation sites is 1. The largest absolute Gasteiger partial charge is 0.496 e. The third kappa shape index (κ3) is 3.85. The topological polar surface area (TPSA) is 67.6 Å². The van der Waals surface area contributed by atoms with Crippen LogP contribution in [0, 0.1) is 0 Å². The number of nitrogens with one attached hydrogen (secondary N) is 1. The minimum atomic E-state index is -0.131. The summed E-state index contributed by atoms with van der Waals surface area (Å²) in [5.74, 6) is 1.26. The van der Waals surface area contributed by atoms with E-state index in [0.717, 1.165) is 22.7 Å². The van der Waals surface area contributed by atoms with Crippen LogP contribution in [0.5, 0.6) is 5.75 Å². The van der Waals surface area contributed by atoms with Crippen molar-refractivity contribution in [2.24, 2.45) is 0 Å². The van der Waals surface area contributed by atoms with Gasteiger partial charge in [-0.05, 0) is 17.5 Å². The van der Waals surface area contributed by atoms with Gasteiger partial charge in [0.2, 0.25) is 0 Å². The number of benzene rings is 1. The average Bonchev–Trinajstić information content (AvgIpc) is 3.39. The minimum Gasteiger partial charge on any atom is -0.496 e. The maximum atomic E-state index is 13.1. The van der Waals surface area contributed by atoms with Crippen molar-refractivity contribution in [2.75, 3.05) is 26.7 Å². The molecule has 0 saturated carbocycles. The normalized spacial score (nSPS) is 16.6. The van der Waals surface area contributed by atoms with Gasteiger partial charge in [-0.25, -0.2) is 0 Å². The fourth-order valence-electron chi connectivity index (χ4n) is 3.22. The highest BCUT2D eigenvalue weighted by molar-refractivity contribution is 7.13. The molecule has 1 N–H and O–H groups in total. The van der Waals surface area contributed by atoms with Crippen LogP contribution >= 0.6 is 23.7 Å². The van der Waals surface area contributed by atoms with Crippen molar-refractivity contribution in [3.05, 3.63) is 59.1 Å². The zero-order chi connectivity index (χ0) is 17.9. The van der Waals surface area contributed by atoms with E-state index in [0.29, 0.717) is 24.5 Å². The van der Waals surface area contributed by atoms with Crippen molar-refractivity contribution in [2.45, 2.75) is 6.04 Å². The van der Waals surface area contributed by atoms with Gasteiger partial charge < -0.3 is 19.5 Å². The van der Waals surface area contributed by atoms with Crippen LogP contribution in [0.1, 0.15) is 22.1 Å². The maximum absolute atomic E-state index is 13.1. The molecule has 0 spiro atoms. The molecule has 1 aliphatic rings. The van der Waals surface area contributed by atoms with Crippen molar-refractivity contribution in [3.63, 3.8) is 0 Å². The molecule has 1 saturated heterocycles. The van der Waals surface area contributed by atoms with E-state index in [-0.39, 0.29) is 24.4 Å². The molecule has 6 nitrogen and oxygen atoms in total. The van der Waals surface area contributed by atoms with Crippen LogP contribution in [0.3, 0.4) is 0 Å². The smallest absolute Gasteiger partial charge is 0.276 e. The molecule has 1 amide bonds. The Morgan fingerprint density at radius 1 is 1.33 bits per heavy atom. The van der Waals surface area contributed by atoms with Crippen molar-refractivity contribution < 1.29 is 14.1 Å². The first-order chi connectivity index (χ1) is 12.8. The molecule has 4 rings (SSSR count). The van der Waals surface area contributed by atoms with Crippen molar-refractivity contribution >= 4 is 29.7 Å². The molecule has 27 heavy (non-hydrogen) atoms. The summed E-state index contributed by atoms with van der Waals surface area (Å²) < 4.78 is 10.9. The molecule has 0 bridgehead atoms. The highest BCUT2D eigenvalue weighted by Gasteiger charge is 2.32. The predicted octanol–water partition coefficient (Wildman–Crippen LogP) is 3.62.